The van der Waals surface area contributed by atoms with E-state index in [0.29, 0.717) is 11.4 Å². The van der Waals surface area contributed by atoms with Gasteiger partial charge in [-0.2, -0.15) is 4.98 Å². The number of ether oxygens (including phenoxy) is 1. The van der Waals surface area contributed by atoms with Gasteiger partial charge in [0.25, 0.3) is 0 Å². The Morgan fingerprint density at radius 2 is 2.00 bits per heavy atom. The molecule has 2 rings (SSSR count). The van der Waals surface area contributed by atoms with Gasteiger partial charge in [0.1, 0.15) is 5.75 Å². The van der Waals surface area contributed by atoms with E-state index in [9.17, 15) is 4.79 Å². The number of rotatable bonds is 4. The molecule has 2 aromatic rings. The minimum Gasteiger partial charge on any atom is -0.465 e. The highest BCUT2D eigenvalue weighted by molar-refractivity contribution is 5.93. The molecule has 0 fully saturated rings. The van der Waals surface area contributed by atoms with E-state index in [-0.39, 0.29) is 17.5 Å². The summed E-state index contributed by atoms with van der Waals surface area (Å²) >= 11 is 0. The maximum atomic E-state index is 10.5. The quantitative estimate of drug-likeness (QED) is 0.288. The molecular formula is C12H11N5O4. The maximum absolute atomic E-state index is 10.5. The Kier molecular flexibility index (Phi) is 4.14. The third-order valence-electron chi connectivity index (χ3n) is 2.29. The fraction of sp³-hybridized carbons (Fsp3) is 0. The summed E-state index contributed by atoms with van der Waals surface area (Å²) in [5.41, 5.74) is 5.79. The number of nitrogens with zero attached hydrogens (tertiary/aromatic N) is 3. The van der Waals surface area contributed by atoms with Crippen molar-refractivity contribution in [3.63, 3.8) is 0 Å². The number of nitrogens with one attached hydrogen (secondary N) is 1. The standard InChI is InChI=1S/C12H11N5O4/c13-10(17-20)11-14-6-5-9(16-11)21-8-3-1-7(2-4-8)15-12(18)19/h1-6,15,20H,(H2,13,17)(H,18,19). The van der Waals surface area contributed by atoms with Crippen molar-refractivity contribution >= 4 is 17.6 Å². The van der Waals surface area contributed by atoms with Crippen LogP contribution in [0.15, 0.2) is 41.7 Å². The van der Waals surface area contributed by atoms with Crippen LogP contribution in [-0.4, -0.2) is 32.2 Å². The summed E-state index contributed by atoms with van der Waals surface area (Å²) in [7, 11) is 0. The summed E-state index contributed by atoms with van der Waals surface area (Å²) in [5, 5.41) is 22.1. The van der Waals surface area contributed by atoms with Gasteiger partial charge in [-0.25, -0.2) is 9.78 Å². The van der Waals surface area contributed by atoms with E-state index in [1.807, 2.05) is 0 Å². The third-order valence-corrected chi connectivity index (χ3v) is 2.29. The van der Waals surface area contributed by atoms with Crippen molar-refractivity contribution in [1.82, 2.24) is 9.97 Å². The van der Waals surface area contributed by atoms with Crippen LogP contribution >= 0.6 is 0 Å². The van der Waals surface area contributed by atoms with Crippen LogP contribution in [0.25, 0.3) is 0 Å². The highest BCUT2D eigenvalue weighted by Crippen LogP contribution is 2.21. The average Bonchev–Trinajstić information content (AvgIpc) is 2.48. The van der Waals surface area contributed by atoms with Crippen LogP contribution in [0.4, 0.5) is 10.5 Å². The second kappa shape index (κ2) is 6.19. The van der Waals surface area contributed by atoms with Gasteiger partial charge in [0, 0.05) is 18.0 Å². The molecule has 9 nitrogen and oxygen atoms in total. The summed E-state index contributed by atoms with van der Waals surface area (Å²) in [6, 6.07) is 7.70. The van der Waals surface area contributed by atoms with E-state index >= 15 is 0 Å². The topological polar surface area (TPSA) is 143 Å². The lowest BCUT2D eigenvalue weighted by Gasteiger charge is -2.06. The summed E-state index contributed by atoms with van der Waals surface area (Å²) in [4.78, 5) is 18.2. The molecule has 108 valence electrons. The predicted octanol–water partition coefficient (Wildman–Crippen LogP) is 1.45. The first-order valence-corrected chi connectivity index (χ1v) is 5.67. The predicted molar refractivity (Wildman–Crippen MR) is 72.7 cm³/mol. The Labute approximate surface area is 118 Å². The number of oxime groups is 1. The van der Waals surface area contributed by atoms with Crippen molar-refractivity contribution in [2.24, 2.45) is 10.9 Å². The molecule has 1 aromatic carbocycles. The summed E-state index contributed by atoms with van der Waals surface area (Å²) in [6.07, 6.45) is 0.249. The normalized spacial score (nSPS) is 11.0. The number of amidine groups is 1. The molecule has 0 bridgehead atoms. The minimum absolute atomic E-state index is 0.0270. The zero-order valence-electron chi connectivity index (χ0n) is 10.6. The number of hydrogen-bond acceptors (Lipinski definition) is 6. The Morgan fingerprint density at radius 3 is 2.62 bits per heavy atom. The van der Waals surface area contributed by atoms with Crippen LogP contribution in [-0.2, 0) is 0 Å². The van der Waals surface area contributed by atoms with Gasteiger partial charge >= 0.3 is 6.09 Å². The van der Waals surface area contributed by atoms with E-state index in [1.54, 1.807) is 12.1 Å². The molecule has 0 spiro atoms. The molecule has 1 heterocycles. The number of amides is 1. The number of hydrogen-bond donors (Lipinski definition) is 4. The van der Waals surface area contributed by atoms with Crippen molar-refractivity contribution in [3.8, 4) is 11.6 Å². The number of benzene rings is 1. The highest BCUT2D eigenvalue weighted by atomic mass is 16.5. The zero-order chi connectivity index (χ0) is 15.2. The second-order valence-electron chi connectivity index (χ2n) is 3.76. The van der Waals surface area contributed by atoms with Crippen molar-refractivity contribution in [2.45, 2.75) is 0 Å². The highest BCUT2D eigenvalue weighted by Gasteiger charge is 2.06. The number of carbonyl (C=O) groups is 1. The number of nitrogens with two attached hydrogens (primary N) is 1. The molecule has 0 saturated heterocycles. The minimum atomic E-state index is -1.15. The average molecular weight is 289 g/mol. The fourth-order valence-electron chi connectivity index (χ4n) is 1.42. The van der Waals surface area contributed by atoms with E-state index in [1.165, 1.54) is 24.4 Å². The molecule has 0 atom stereocenters. The van der Waals surface area contributed by atoms with Crippen LogP contribution < -0.4 is 15.8 Å². The number of anilines is 1. The van der Waals surface area contributed by atoms with Gasteiger partial charge in [0.05, 0.1) is 0 Å². The fourth-order valence-corrected chi connectivity index (χ4v) is 1.42. The van der Waals surface area contributed by atoms with Crippen molar-refractivity contribution in [3.05, 3.63) is 42.4 Å². The molecule has 0 aliphatic rings. The van der Waals surface area contributed by atoms with Crippen molar-refractivity contribution < 1.29 is 19.8 Å². The molecule has 1 amide bonds. The molecule has 0 radical (unpaired) electrons. The Morgan fingerprint density at radius 1 is 1.29 bits per heavy atom. The molecular weight excluding hydrogens is 278 g/mol. The summed E-state index contributed by atoms with van der Waals surface area (Å²) in [6.45, 7) is 0. The largest absolute Gasteiger partial charge is 0.465 e. The van der Waals surface area contributed by atoms with Gasteiger partial charge in [-0.05, 0) is 24.3 Å². The molecule has 9 heteroatoms. The van der Waals surface area contributed by atoms with Gasteiger partial charge in [0.15, 0.2) is 0 Å². The van der Waals surface area contributed by atoms with E-state index in [2.05, 4.69) is 20.4 Å². The summed E-state index contributed by atoms with van der Waals surface area (Å²) in [5.74, 6) is 0.432. The van der Waals surface area contributed by atoms with E-state index in [0.717, 1.165) is 0 Å². The van der Waals surface area contributed by atoms with Gasteiger partial charge < -0.3 is 20.8 Å². The molecule has 0 aliphatic heterocycles. The Balaban J connectivity index is 2.13. The SMILES string of the molecule is NC(=NO)c1nccc(Oc2ccc(NC(=O)O)cc2)n1. The van der Waals surface area contributed by atoms with E-state index < -0.39 is 6.09 Å². The lowest BCUT2D eigenvalue weighted by atomic mass is 10.3. The van der Waals surface area contributed by atoms with E-state index in [4.69, 9.17) is 20.8 Å². The van der Waals surface area contributed by atoms with Gasteiger partial charge in [-0.1, -0.05) is 5.16 Å². The van der Waals surface area contributed by atoms with Crippen LogP contribution in [0, 0.1) is 0 Å². The first-order valence-electron chi connectivity index (χ1n) is 5.67. The smallest absolute Gasteiger partial charge is 0.409 e. The van der Waals surface area contributed by atoms with Crippen molar-refractivity contribution in [2.75, 3.05) is 5.32 Å². The lowest BCUT2D eigenvalue weighted by molar-refractivity contribution is 0.209. The Hall–Kier alpha value is -3.36. The van der Waals surface area contributed by atoms with Crippen LogP contribution in [0.3, 0.4) is 0 Å². The molecule has 0 unspecified atom stereocenters. The van der Waals surface area contributed by atoms with Gasteiger partial charge in [-0.3, -0.25) is 5.32 Å². The monoisotopic (exact) mass is 289 g/mol. The molecule has 5 N–H and O–H groups in total. The lowest BCUT2D eigenvalue weighted by Crippen LogP contribution is -2.16. The van der Waals surface area contributed by atoms with Gasteiger partial charge in [0.2, 0.25) is 17.5 Å². The first-order chi connectivity index (χ1) is 10.1. The van der Waals surface area contributed by atoms with Crippen LogP contribution in [0.1, 0.15) is 5.82 Å². The first kappa shape index (κ1) is 14.1. The second-order valence-corrected chi connectivity index (χ2v) is 3.76. The number of aromatic nitrogens is 2. The number of carboxylic acid groups (broad SMARTS) is 1. The van der Waals surface area contributed by atoms with Crippen molar-refractivity contribution in [1.29, 1.82) is 0 Å². The molecule has 21 heavy (non-hydrogen) atoms. The summed E-state index contributed by atoms with van der Waals surface area (Å²) < 4.78 is 5.46. The third kappa shape index (κ3) is 3.80. The molecule has 0 saturated carbocycles. The Bertz CT molecular complexity index is 672. The van der Waals surface area contributed by atoms with Gasteiger partial charge in [-0.15, -0.1) is 0 Å². The zero-order valence-corrected chi connectivity index (χ0v) is 10.6. The maximum Gasteiger partial charge on any atom is 0.409 e. The van der Waals surface area contributed by atoms with Crippen LogP contribution in [0.2, 0.25) is 0 Å². The molecule has 1 aromatic heterocycles. The molecule has 0 aliphatic carbocycles. The van der Waals surface area contributed by atoms with Crippen LogP contribution in [0.5, 0.6) is 11.6 Å².